The lowest BCUT2D eigenvalue weighted by Gasteiger charge is -2.07. The first-order chi connectivity index (χ1) is 9.20. The lowest BCUT2D eigenvalue weighted by atomic mass is 10.0. The van der Waals surface area contributed by atoms with Crippen molar-refractivity contribution in [2.75, 3.05) is 6.54 Å². The number of halogens is 2. The molecule has 0 aliphatic carbocycles. The highest BCUT2D eigenvalue weighted by molar-refractivity contribution is 6.30. The van der Waals surface area contributed by atoms with Crippen molar-refractivity contribution in [1.82, 2.24) is 5.32 Å². The first kappa shape index (κ1) is 14.0. The third-order valence-electron chi connectivity index (χ3n) is 2.95. The molecule has 0 saturated carbocycles. The minimum atomic E-state index is -0.288. The Bertz CT molecular complexity index is 537. The zero-order valence-corrected chi connectivity index (χ0v) is 11.7. The molecule has 0 atom stereocenters. The predicted octanol–water partition coefficient (Wildman–Crippen LogP) is 4.65. The summed E-state index contributed by atoms with van der Waals surface area (Å²) in [6.07, 6.45) is 1.12. The Kier molecular flexibility index (Phi) is 4.94. The summed E-state index contributed by atoms with van der Waals surface area (Å²) in [5, 5.41) is 3.76. The highest BCUT2D eigenvalue weighted by Gasteiger charge is 2.05. The van der Waals surface area contributed by atoms with Crippen LogP contribution in [0.2, 0.25) is 5.02 Å². The quantitative estimate of drug-likeness (QED) is 0.785. The number of hydrogen-bond acceptors (Lipinski definition) is 1. The molecule has 0 saturated heterocycles. The van der Waals surface area contributed by atoms with Gasteiger partial charge in [-0.3, -0.25) is 0 Å². The lowest BCUT2D eigenvalue weighted by molar-refractivity contribution is 0.631. The van der Waals surface area contributed by atoms with Gasteiger partial charge in [0, 0.05) is 17.1 Å². The number of hydrogen-bond donors (Lipinski definition) is 1. The van der Waals surface area contributed by atoms with Crippen molar-refractivity contribution in [2.24, 2.45) is 0 Å². The predicted molar refractivity (Wildman–Crippen MR) is 78.8 cm³/mol. The first-order valence-corrected chi connectivity index (χ1v) is 6.83. The molecule has 0 fully saturated rings. The Labute approximate surface area is 118 Å². The van der Waals surface area contributed by atoms with Gasteiger partial charge >= 0.3 is 0 Å². The Morgan fingerprint density at radius 3 is 2.47 bits per heavy atom. The van der Waals surface area contributed by atoms with Crippen LogP contribution in [0.1, 0.15) is 18.9 Å². The molecule has 0 radical (unpaired) electrons. The van der Waals surface area contributed by atoms with Gasteiger partial charge < -0.3 is 5.32 Å². The summed E-state index contributed by atoms with van der Waals surface area (Å²) in [5.74, 6) is -0.288. The van der Waals surface area contributed by atoms with E-state index in [9.17, 15) is 4.39 Å². The van der Waals surface area contributed by atoms with E-state index >= 15 is 0 Å². The van der Waals surface area contributed by atoms with Gasteiger partial charge in [-0.05, 0) is 42.3 Å². The standard InChI is InChI=1S/C16H17ClFN/c1-2-9-19-11-12-3-5-13(6-4-12)15-8-7-14(17)10-16(15)18/h3-8,10,19H,2,9,11H2,1H3. The normalized spacial score (nSPS) is 10.7. The smallest absolute Gasteiger partial charge is 0.132 e. The van der Waals surface area contributed by atoms with Crippen LogP contribution < -0.4 is 5.32 Å². The first-order valence-electron chi connectivity index (χ1n) is 6.46. The second-order valence-electron chi connectivity index (χ2n) is 4.50. The van der Waals surface area contributed by atoms with E-state index in [1.807, 2.05) is 24.3 Å². The van der Waals surface area contributed by atoms with Gasteiger partial charge in [0.15, 0.2) is 0 Å². The van der Waals surface area contributed by atoms with Crippen molar-refractivity contribution in [2.45, 2.75) is 19.9 Å². The molecule has 0 heterocycles. The van der Waals surface area contributed by atoms with Crippen LogP contribution in [-0.2, 0) is 6.54 Å². The van der Waals surface area contributed by atoms with E-state index in [0.717, 1.165) is 25.1 Å². The van der Waals surface area contributed by atoms with Crippen LogP contribution in [0.5, 0.6) is 0 Å². The number of benzene rings is 2. The van der Waals surface area contributed by atoms with E-state index in [1.165, 1.54) is 11.6 Å². The highest BCUT2D eigenvalue weighted by atomic mass is 35.5. The molecule has 2 rings (SSSR count). The summed E-state index contributed by atoms with van der Waals surface area (Å²) in [6, 6.07) is 12.7. The van der Waals surface area contributed by atoms with E-state index in [0.29, 0.717) is 10.6 Å². The zero-order chi connectivity index (χ0) is 13.7. The fourth-order valence-electron chi connectivity index (χ4n) is 1.94. The lowest BCUT2D eigenvalue weighted by Crippen LogP contribution is -2.13. The summed E-state index contributed by atoms with van der Waals surface area (Å²) in [6.45, 7) is 3.99. The van der Waals surface area contributed by atoms with Crippen LogP contribution in [0, 0.1) is 5.82 Å². The average molecular weight is 278 g/mol. The SMILES string of the molecule is CCCNCc1ccc(-c2ccc(Cl)cc2F)cc1. The maximum absolute atomic E-state index is 13.8. The molecule has 0 aliphatic rings. The topological polar surface area (TPSA) is 12.0 Å². The summed E-state index contributed by atoms with van der Waals surface area (Å²) < 4.78 is 13.8. The van der Waals surface area contributed by atoms with E-state index in [4.69, 9.17) is 11.6 Å². The molecule has 100 valence electrons. The van der Waals surface area contributed by atoms with Gasteiger partial charge in [0.25, 0.3) is 0 Å². The van der Waals surface area contributed by atoms with Crippen molar-refractivity contribution < 1.29 is 4.39 Å². The zero-order valence-electron chi connectivity index (χ0n) is 10.9. The summed E-state index contributed by atoms with van der Waals surface area (Å²) in [5.41, 5.74) is 2.65. The minimum absolute atomic E-state index is 0.288. The van der Waals surface area contributed by atoms with Crippen molar-refractivity contribution >= 4 is 11.6 Å². The molecule has 3 heteroatoms. The van der Waals surface area contributed by atoms with Crippen LogP contribution in [0.4, 0.5) is 4.39 Å². The molecule has 0 aromatic heterocycles. The summed E-state index contributed by atoms with van der Waals surface area (Å²) in [4.78, 5) is 0. The van der Waals surface area contributed by atoms with Crippen molar-refractivity contribution in [3.05, 3.63) is 58.9 Å². The molecule has 0 amide bonds. The molecule has 1 N–H and O–H groups in total. The maximum Gasteiger partial charge on any atom is 0.132 e. The summed E-state index contributed by atoms with van der Waals surface area (Å²) >= 11 is 5.75. The maximum atomic E-state index is 13.8. The Morgan fingerprint density at radius 2 is 1.84 bits per heavy atom. The average Bonchev–Trinajstić information content (AvgIpc) is 2.40. The third kappa shape index (κ3) is 3.79. The van der Waals surface area contributed by atoms with E-state index in [1.54, 1.807) is 12.1 Å². The molecular weight excluding hydrogens is 261 g/mol. The van der Waals surface area contributed by atoms with Gasteiger partial charge in [0.2, 0.25) is 0 Å². The van der Waals surface area contributed by atoms with Crippen LogP contribution in [0.3, 0.4) is 0 Å². The van der Waals surface area contributed by atoms with Crippen molar-refractivity contribution in [3.8, 4) is 11.1 Å². The molecule has 0 spiro atoms. The largest absolute Gasteiger partial charge is 0.313 e. The molecule has 2 aromatic carbocycles. The van der Waals surface area contributed by atoms with Gasteiger partial charge in [-0.2, -0.15) is 0 Å². The van der Waals surface area contributed by atoms with Gasteiger partial charge in [-0.15, -0.1) is 0 Å². The van der Waals surface area contributed by atoms with Gasteiger partial charge in [0.05, 0.1) is 0 Å². The molecule has 19 heavy (non-hydrogen) atoms. The molecule has 2 aromatic rings. The summed E-state index contributed by atoms with van der Waals surface area (Å²) in [7, 11) is 0. The van der Waals surface area contributed by atoms with Crippen LogP contribution >= 0.6 is 11.6 Å². The number of rotatable bonds is 5. The molecule has 1 nitrogen and oxygen atoms in total. The molecule has 0 bridgehead atoms. The third-order valence-corrected chi connectivity index (χ3v) is 3.19. The minimum Gasteiger partial charge on any atom is -0.313 e. The van der Waals surface area contributed by atoms with Crippen LogP contribution in [-0.4, -0.2) is 6.54 Å². The number of nitrogens with one attached hydrogen (secondary N) is 1. The Morgan fingerprint density at radius 1 is 1.11 bits per heavy atom. The second kappa shape index (κ2) is 6.69. The van der Waals surface area contributed by atoms with E-state index in [2.05, 4.69) is 12.2 Å². The van der Waals surface area contributed by atoms with E-state index in [-0.39, 0.29) is 5.82 Å². The molecular formula is C16H17ClFN. The molecule has 0 aliphatic heterocycles. The van der Waals surface area contributed by atoms with E-state index < -0.39 is 0 Å². The van der Waals surface area contributed by atoms with Crippen molar-refractivity contribution in [1.29, 1.82) is 0 Å². The Hall–Kier alpha value is -1.38. The molecule has 0 unspecified atom stereocenters. The monoisotopic (exact) mass is 277 g/mol. The second-order valence-corrected chi connectivity index (χ2v) is 4.93. The van der Waals surface area contributed by atoms with Crippen LogP contribution in [0.25, 0.3) is 11.1 Å². The van der Waals surface area contributed by atoms with Gasteiger partial charge in [-0.1, -0.05) is 42.8 Å². The van der Waals surface area contributed by atoms with Crippen molar-refractivity contribution in [3.63, 3.8) is 0 Å². The van der Waals surface area contributed by atoms with Gasteiger partial charge in [-0.25, -0.2) is 4.39 Å². The van der Waals surface area contributed by atoms with Gasteiger partial charge in [0.1, 0.15) is 5.82 Å². The highest BCUT2D eigenvalue weighted by Crippen LogP contribution is 2.25. The fraction of sp³-hybridized carbons (Fsp3) is 0.250. The van der Waals surface area contributed by atoms with Crippen LogP contribution in [0.15, 0.2) is 42.5 Å². The Balaban J connectivity index is 2.13. The fourth-order valence-corrected chi connectivity index (χ4v) is 2.09.